The van der Waals surface area contributed by atoms with E-state index in [-0.39, 0.29) is 24.5 Å². The SMILES string of the molecule is CC(C)[C@H](N)C(=O)N[C@@H](CS)C(=O)N[C@@H](CCC(N)=O)C(=O)O. The number of carbonyl (C=O) groups is 4. The molecule has 0 rings (SSSR count). The fourth-order valence-corrected chi connectivity index (χ4v) is 1.84. The topological polar surface area (TPSA) is 165 Å². The highest BCUT2D eigenvalue weighted by Gasteiger charge is 2.27. The van der Waals surface area contributed by atoms with Crippen molar-refractivity contribution in [2.45, 2.75) is 44.8 Å². The van der Waals surface area contributed by atoms with Gasteiger partial charge in [0.1, 0.15) is 12.1 Å². The Morgan fingerprint density at radius 2 is 1.61 bits per heavy atom. The van der Waals surface area contributed by atoms with Gasteiger partial charge in [-0.3, -0.25) is 14.4 Å². The molecule has 0 aliphatic heterocycles. The molecular formula is C13H24N4O5S. The summed E-state index contributed by atoms with van der Waals surface area (Å²) in [6.07, 6.45) is -0.331. The van der Waals surface area contributed by atoms with Crippen molar-refractivity contribution in [1.82, 2.24) is 10.6 Å². The van der Waals surface area contributed by atoms with E-state index in [0.29, 0.717) is 0 Å². The van der Waals surface area contributed by atoms with Gasteiger partial charge in [-0.2, -0.15) is 12.6 Å². The molecule has 0 aliphatic carbocycles. The average Bonchev–Trinajstić information content (AvgIpc) is 2.46. The molecule has 10 heteroatoms. The van der Waals surface area contributed by atoms with Gasteiger partial charge in [0, 0.05) is 12.2 Å². The highest BCUT2D eigenvalue weighted by molar-refractivity contribution is 7.80. The second kappa shape index (κ2) is 10.1. The van der Waals surface area contributed by atoms with Crippen LogP contribution in [0.25, 0.3) is 0 Å². The van der Waals surface area contributed by atoms with Crippen LogP contribution in [0, 0.1) is 5.92 Å². The van der Waals surface area contributed by atoms with Crippen molar-refractivity contribution in [3.8, 4) is 0 Å². The summed E-state index contributed by atoms with van der Waals surface area (Å²) in [6.45, 7) is 3.51. The zero-order valence-electron chi connectivity index (χ0n) is 13.1. The maximum absolute atomic E-state index is 12.1. The standard InChI is InChI=1S/C13H24N4O5S/c1-6(2)10(15)12(20)17-8(5-23)11(19)16-7(13(21)22)3-4-9(14)18/h6-8,10,23H,3-5,15H2,1-2H3,(H2,14,18)(H,16,19)(H,17,20)(H,21,22)/t7-,8-,10-/m0/s1. The molecule has 23 heavy (non-hydrogen) atoms. The molecule has 0 heterocycles. The van der Waals surface area contributed by atoms with E-state index in [9.17, 15) is 19.2 Å². The van der Waals surface area contributed by atoms with E-state index in [1.165, 1.54) is 0 Å². The molecular weight excluding hydrogens is 324 g/mol. The van der Waals surface area contributed by atoms with Crippen molar-refractivity contribution in [3.05, 3.63) is 0 Å². The molecule has 0 saturated heterocycles. The van der Waals surface area contributed by atoms with Crippen LogP contribution in [0.5, 0.6) is 0 Å². The normalized spacial score (nSPS) is 14.7. The van der Waals surface area contributed by atoms with Crippen LogP contribution in [-0.2, 0) is 19.2 Å². The molecule has 0 saturated carbocycles. The number of hydrogen-bond acceptors (Lipinski definition) is 6. The lowest BCUT2D eigenvalue weighted by molar-refractivity contribution is -0.142. The summed E-state index contributed by atoms with van der Waals surface area (Å²) in [7, 11) is 0. The van der Waals surface area contributed by atoms with Crippen LogP contribution in [0.1, 0.15) is 26.7 Å². The molecule has 0 aromatic carbocycles. The van der Waals surface area contributed by atoms with Gasteiger partial charge >= 0.3 is 5.97 Å². The van der Waals surface area contributed by atoms with Crippen molar-refractivity contribution in [3.63, 3.8) is 0 Å². The fourth-order valence-electron chi connectivity index (χ4n) is 1.58. The minimum Gasteiger partial charge on any atom is -0.480 e. The molecule has 0 fully saturated rings. The molecule has 0 spiro atoms. The van der Waals surface area contributed by atoms with E-state index >= 15 is 0 Å². The van der Waals surface area contributed by atoms with Crippen LogP contribution < -0.4 is 22.1 Å². The van der Waals surface area contributed by atoms with E-state index < -0.39 is 41.8 Å². The lowest BCUT2D eigenvalue weighted by Gasteiger charge is -2.22. The van der Waals surface area contributed by atoms with Crippen LogP contribution >= 0.6 is 12.6 Å². The summed E-state index contributed by atoms with van der Waals surface area (Å²) in [6, 6.07) is -3.12. The minimum absolute atomic E-state index is 0.0372. The van der Waals surface area contributed by atoms with Crippen molar-refractivity contribution in [2.24, 2.45) is 17.4 Å². The highest BCUT2D eigenvalue weighted by Crippen LogP contribution is 2.02. The molecule has 0 aromatic heterocycles. The molecule has 7 N–H and O–H groups in total. The number of amides is 3. The number of nitrogens with one attached hydrogen (secondary N) is 2. The molecule has 3 atom stereocenters. The van der Waals surface area contributed by atoms with Gasteiger partial charge in [-0.15, -0.1) is 0 Å². The van der Waals surface area contributed by atoms with Gasteiger partial charge in [0.25, 0.3) is 0 Å². The summed E-state index contributed by atoms with van der Waals surface area (Å²) >= 11 is 3.97. The number of primary amides is 1. The minimum atomic E-state index is -1.30. The van der Waals surface area contributed by atoms with Gasteiger partial charge in [-0.05, 0) is 12.3 Å². The highest BCUT2D eigenvalue weighted by atomic mass is 32.1. The first-order chi connectivity index (χ1) is 10.6. The van der Waals surface area contributed by atoms with Crippen LogP contribution in [-0.4, -0.2) is 52.7 Å². The first kappa shape index (κ1) is 21.2. The van der Waals surface area contributed by atoms with Gasteiger partial charge in [-0.1, -0.05) is 13.8 Å². The number of nitrogens with two attached hydrogens (primary N) is 2. The molecule has 9 nitrogen and oxygen atoms in total. The van der Waals surface area contributed by atoms with E-state index in [2.05, 4.69) is 23.3 Å². The zero-order valence-corrected chi connectivity index (χ0v) is 14.0. The Kier molecular flexibility index (Phi) is 9.27. The quantitative estimate of drug-likeness (QED) is 0.255. The largest absolute Gasteiger partial charge is 0.480 e. The first-order valence-electron chi connectivity index (χ1n) is 7.08. The first-order valence-corrected chi connectivity index (χ1v) is 7.71. The Labute approximate surface area is 139 Å². The number of rotatable bonds is 10. The van der Waals surface area contributed by atoms with Crippen LogP contribution in [0.2, 0.25) is 0 Å². The van der Waals surface area contributed by atoms with Gasteiger partial charge in [0.15, 0.2) is 0 Å². The lowest BCUT2D eigenvalue weighted by Crippen LogP contribution is -2.56. The van der Waals surface area contributed by atoms with Crippen molar-refractivity contribution < 1.29 is 24.3 Å². The Morgan fingerprint density at radius 1 is 1.09 bits per heavy atom. The Bertz CT molecular complexity index is 458. The fraction of sp³-hybridized carbons (Fsp3) is 0.692. The van der Waals surface area contributed by atoms with Crippen LogP contribution in [0.4, 0.5) is 0 Å². The number of carboxylic acids is 1. The number of carbonyl (C=O) groups excluding carboxylic acids is 3. The molecule has 0 aromatic rings. The summed E-state index contributed by atoms with van der Waals surface area (Å²) in [5, 5.41) is 13.7. The van der Waals surface area contributed by atoms with Crippen LogP contribution in [0.15, 0.2) is 0 Å². The van der Waals surface area contributed by atoms with Gasteiger partial charge in [-0.25, -0.2) is 4.79 Å². The van der Waals surface area contributed by atoms with E-state index in [4.69, 9.17) is 16.6 Å². The number of carboxylic acid groups (broad SMARTS) is 1. The average molecular weight is 348 g/mol. The van der Waals surface area contributed by atoms with Gasteiger partial charge < -0.3 is 27.2 Å². The van der Waals surface area contributed by atoms with E-state index in [1.807, 2.05) is 0 Å². The third-order valence-corrected chi connectivity index (χ3v) is 3.50. The maximum atomic E-state index is 12.1. The zero-order chi connectivity index (χ0) is 18.2. The van der Waals surface area contributed by atoms with E-state index in [0.717, 1.165) is 0 Å². The third kappa shape index (κ3) is 7.84. The summed E-state index contributed by atoms with van der Waals surface area (Å²) in [5.41, 5.74) is 10.6. The predicted molar refractivity (Wildman–Crippen MR) is 86.6 cm³/mol. The second-order valence-corrected chi connectivity index (χ2v) is 5.78. The third-order valence-electron chi connectivity index (χ3n) is 3.13. The number of aliphatic carboxylic acids is 1. The monoisotopic (exact) mass is 348 g/mol. The summed E-state index contributed by atoms with van der Waals surface area (Å²) < 4.78 is 0. The smallest absolute Gasteiger partial charge is 0.326 e. The van der Waals surface area contributed by atoms with Crippen molar-refractivity contribution >= 4 is 36.3 Å². The van der Waals surface area contributed by atoms with Crippen molar-refractivity contribution in [2.75, 3.05) is 5.75 Å². The number of thiol groups is 1. The van der Waals surface area contributed by atoms with Crippen LogP contribution in [0.3, 0.4) is 0 Å². The molecule has 0 aliphatic rings. The lowest BCUT2D eigenvalue weighted by atomic mass is 10.0. The van der Waals surface area contributed by atoms with Gasteiger partial charge in [0.2, 0.25) is 17.7 Å². The van der Waals surface area contributed by atoms with Gasteiger partial charge in [0.05, 0.1) is 6.04 Å². The molecule has 0 unspecified atom stereocenters. The van der Waals surface area contributed by atoms with E-state index in [1.54, 1.807) is 13.8 Å². The molecule has 132 valence electrons. The Morgan fingerprint density at radius 3 is 2.00 bits per heavy atom. The predicted octanol–water partition coefficient (Wildman–Crippen LogP) is -1.78. The number of hydrogen-bond donors (Lipinski definition) is 6. The maximum Gasteiger partial charge on any atom is 0.326 e. The van der Waals surface area contributed by atoms with Crippen molar-refractivity contribution in [1.29, 1.82) is 0 Å². The Hall–Kier alpha value is -1.81. The summed E-state index contributed by atoms with van der Waals surface area (Å²) in [5.74, 6) is -3.39. The molecule has 0 bridgehead atoms. The summed E-state index contributed by atoms with van der Waals surface area (Å²) in [4.78, 5) is 45.7. The molecule has 3 amide bonds. The Balaban J connectivity index is 4.76. The second-order valence-electron chi connectivity index (χ2n) is 5.42. The molecule has 0 radical (unpaired) electrons.